The van der Waals surface area contributed by atoms with Crippen LogP contribution in [0.2, 0.25) is 0 Å². The smallest absolute Gasteiger partial charge is 0.410 e. The minimum absolute atomic E-state index is 0.200. The Hall–Kier alpha value is -3.16. The number of carbonyl (C=O) groups excluding carboxylic acids is 1. The second-order valence-corrected chi connectivity index (χ2v) is 10.4. The van der Waals surface area contributed by atoms with Gasteiger partial charge in [-0.3, -0.25) is 4.90 Å². The van der Waals surface area contributed by atoms with Crippen LogP contribution in [-0.2, 0) is 17.9 Å². The Kier molecular flexibility index (Phi) is 6.04. The number of hydrogen-bond donors (Lipinski definition) is 0. The van der Waals surface area contributed by atoms with E-state index in [-0.39, 0.29) is 6.09 Å². The van der Waals surface area contributed by atoms with Gasteiger partial charge in [0.05, 0.1) is 11.4 Å². The Morgan fingerprint density at radius 3 is 2.37 bits per heavy atom. The molecule has 4 heterocycles. The standard InChI is InChI=1S/C28H27BrN4O2/c29-24-11-9-21(10-12-24)27-25(33-13-5-4-8-26(33)30-27)18-31-14-22-16-32(17-23(22)15-31)28(34)35-19-20-6-2-1-3-7-20/h1-13,22-23H,14-19H2. The predicted octanol–water partition coefficient (Wildman–Crippen LogP) is 5.46. The van der Waals surface area contributed by atoms with Crippen LogP contribution >= 0.6 is 15.9 Å². The molecule has 2 aliphatic rings. The van der Waals surface area contributed by atoms with Crippen molar-refractivity contribution < 1.29 is 9.53 Å². The fourth-order valence-corrected chi connectivity index (χ4v) is 5.69. The molecule has 0 saturated carbocycles. The molecule has 2 atom stereocenters. The highest BCUT2D eigenvalue weighted by atomic mass is 79.9. The third-order valence-electron chi connectivity index (χ3n) is 7.15. The van der Waals surface area contributed by atoms with Gasteiger partial charge in [-0.2, -0.15) is 0 Å². The lowest BCUT2D eigenvalue weighted by Gasteiger charge is -2.21. The highest BCUT2D eigenvalue weighted by Gasteiger charge is 2.42. The molecule has 35 heavy (non-hydrogen) atoms. The number of rotatable bonds is 5. The fraction of sp³-hybridized carbons (Fsp3) is 0.286. The molecule has 0 spiro atoms. The quantitative estimate of drug-likeness (QED) is 0.343. The summed E-state index contributed by atoms with van der Waals surface area (Å²) in [4.78, 5) is 22.0. The third-order valence-corrected chi connectivity index (χ3v) is 7.67. The second kappa shape index (κ2) is 9.47. The van der Waals surface area contributed by atoms with Gasteiger partial charge in [0.15, 0.2) is 0 Å². The summed E-state index contributed by atoms with van der Waals surface area (Å²) in [6.07, 6.45) is 1.90. The van der Waals surface area contributed by atoms with Crippen LogP contribution in [0.15, 0.2) is 83.5 Å². The Morgan fingerprint density at radius 1 is 0.914 bits per heavy atom. The minimum atomic E-state index is -0.200. The van der Waals surface area contributed by atoms with Crippen molar-refractivity contribution in [2.24, 2.45) is 11.8 Å². The van der Waals surface area contributed by atoms with Crippen molar-refractivity contribution in [3.8, 4) is 11.3 Å². The average molecular weight is 531 g/mol. The molecule has 6 rings (SSSR count). The fourth-order valence-electron chi connectivity index (χ4n) is 5.43. The lowest BCUT2D eigenvalue weighted by atomic mass is 10.0. The maximum absolute atomic E-state index is 12.6. The van der Waals surface area contributed by atoms with Gasteiger partial charge in [0, 0.05) is 49.0 Å². The summed E-state index contributed by atoms with van der Waals surface area (Å²) in [5, 5.41) is 0. The summed E-state index contributed by atoms with van der Waals surface area (Å²) < 4.78 is 8.84. The van der Waals surface area contributed by atoms with Crippen molar-refractivity contribution >= 4 is 27.7 Å². The van der Waals surface area contributed by atoms with Crippen molar-refractivity contribution in [1.29, 1.82) is 0 Å². The molecule has 0 bridgehead atoms. The van der Waals surface area contributed by atoms with Crippen LogP contribution in [0.1, 0.15) is 11.3 Å². The number of hydrogen-bond acceptors (Lipinski definition) is 4. The molecule has 2 fully saturated rings. The zero-order valence-electron chi connectivity index (χ0n) is 19.4. The van der Waals surface area contributed by atoms with E-state index in [1.807, 2.05) is 41.3 Å². The van der Waals surface area contributed by atoms with Gasteiger partial charge in [-0.05, 0) is 41.7 Å². The number of fused-ring (bicyclic) bond motifs is 2. The second-order valence-electron chi connectivity index (χ2n) is 9.50. The molecule has 1 amide bonds. The van der Waals surface area contributed by atoms with Gasteiger partial charge in [-0.1, -0.05) is 64.5 Å². The summed E-state index contributed by atoms with van der Waals surface area (Å²) in [7, 11) is 0. The number of imidazole rings is 1. The van der Waals surface area contributed by atoms with Gasteiger partial charge in [-0.25, -0.2) is 9.78 Å². The van der Waals surface area contributed by atoms with Crippen LogP contribution in [0.4, 0.5) is 4.79 Å². The first-order valence-electron chi connectivity index (χ1n) is 12.0. The topological polar surface area (TPSA) is 50.1 Å². The molecule has 0 radical (unpaired) electrons. The van der Waals surface area contributed by atoms with Gasteiger partial charge < -0.3 is 14.0 Å². The number of ether oxygens (including phenoxy) is 1. The number of halogens is 1. The molecule has 2 aromatic carbocycles. The van der Waals surface area contributed by atoms with Crippen molar-refractivity contribution in [2.75, 3.05) is 26.2 Å². The van der Waals surface area contributed by atoms with Crippen LogP contribution in [0.25, 0.3) is 16.9 Å². The van der Waals surface area contributed by atoms with E-state index in [4.69, 9.17) is 9.72 Å². The van der Waals surface area contributed by atoms with Crippen molar-refractivity contribution in [2.45, 2.75) is 13.2 Å². The lowest BCUT2D eigenvalue weighted by Crippen LogP contribution is -2.33. The number of amides is 1. The molecular weight excluding hydrogens is 504 g/mol. The lowest BCUT2D eigenvalue weighted by molar-refractivity contribution is 0.0996. The highest BCUT2D eigenvalue weighted by molar-refractivity contribution is 9.10. The monoisotopic (exact) mass is 530 g/mol. The number of likely N-dealkylation sites (tertiary alicyclic amines) is 2. The zero-order valence-corrected chi connectivity index (χ0v) is 21.0. The van der Waals surface area contributed by atoms with E-state index in [0.717, 1.165) is 59.7 Å². The Balaban J connectivity index is 1.13. The SMILES string of the molecule is O=C(OCc1ccccc1)N1CC2CN(Cc3c(-c4ccc(Br)cc4)nc4ccccn34)CC2C1. The maximum Gasteiger partial charge on any atom is 0.410 e. The molecule has 0 N–H and O–H groups in total. The largest absolute Gasteiger partial charge is 0.445 e. The third kappa shape index (κ3) is 4.58. The molecule has 6 nitrogen and oxygen atoms in total. The maximum atomic E-state index is 12.6. The van der Waals surface area contributed by atoms with E-state index in [2.05, 4.69) is 67.8 Å². The molecule has 2 aromatic heterocycles. The molecule has 178 valence electrons. The zero-order chi connectivity index (χ0) is 23.8. The summed E-state index contributed by atoms with van der Waals surface area (Å²) >= 11 is 3.54. The summed E-state index contributed by atoms with van der Waals surface area (Å²) in [6, 6.07) is 24.4. The van der Waals surface area contributed by atoms with Gasteiger partial charge in [-0.15, -0.1) is 0 Å². The summed E-state index contributed by atoms with van der Waals surface area (Å²) in [5.74, 6) is 0.962. The average Bonchev–Trinajstić information content (AvgIpc) is 3.56. The van der Waals surface area contributed by atoms with Crippen molar-refractivity contribution in [3.63, 3.8) is 0 Å². The van der Waals surface area contributed by atoms with Gasteiger partial charge in [0.25, 0.3) is 0 Å². The van der Waals surface area contributed by atoms with Crippen LogP contribution in [0.5, 0.6) is 0 Å². The molecular formula is C28H27BrN4O2. The number of aromatic nitrogens is 2. The minimum Gasteiger partial charge on any atom is -0.445 e. The van der Waals surface area contributed by atoms with Crippen molar-refractivity contribution in [1.82, 2.24) is 19.2 Å². The van der Waals surface area contributed by atoms with Gasteiger partial charge in [0.1, 0.15) is 12.3 Å². The van der Waals surface area contributed by atoms with E-state index < -0.39 is 0 Å². The van der Waals surface area contributed by atoms with Gasteiger partial charge >= 0.3 is 6.09 Å². The molecule has 2 unspecified atom stereocenters. The number of benzene rings is 2. The molecule has 2 saturated heterocycles. The van der Waals surface area contributed by atoms with Crippen LogP contribution in [0, 0.1) is 11.8 Å². The van der Waals surface area contributed by atoms with Crippen LogP contribution in [0.3, 0.4) is 0 Å². The Bertz CT molecular complexity index is 1320. The Labute approximate surface area is 213 Å². The van der Waals surface area contributed by atoms with E-state index >= 15 is 0 Å². The number of nitrogens with zero attached hydrogens (tertiary/aromatic N) is 4. The van der Waals surface area contributed by atoms with Crippen molar-refractivity contribution in [3.05, 3.63) is 94.7 Å². The van der Waals surface area contributed by atoms with Crippen LogP contribution in [-0.4, -0.2) is 51.5 Å². The first-order chi connectivity index (χ1) is 17.1. The molecule has 4 aromatic rings. The summed E-state index contributed by atoms with van der Waals surface area (Å²) in [5.41, 5.74) is 5.35. The first kappa shape index (κ1) is 22.3. The Morgan fingerprint density at radius 2 is 1.63 bits per heavy atom. The highest BCUT2D eigenvalue weighted by Crippen LogP contribution is 2.34. The first-order valence-corrected chi connectivity index (χ1v) is 12.8. The molecule has 0 aliphatic carbocycles. The number of carbonyl (C=O) groups is 1. The van der Waals surface area contributed by atoms with E-state index in [1.54, 1.807) is 0 Å². The van der Waals surface area contributed by atoms with E-state index in [0.29, 0.717) is 18.4 Å². The predicted molar refractivity (Wildman–Crippen MR) is 139 cm³/mol. The number of pyridine rings is 1. The van der Waals surface area contributed by atoms with Gasteiger partial charge in [0.2, 0.25) is 0 Å². The summed E-state index contributed by atoms with van der Waals surface area (Å²) in [6.45, 7) is 4.65. The molecule has 7 heteroatoms. The van der Waals surface area contributed by atoms with E-state index in [1.165, 1.54) is 5.69 Å². The van der Waals surface area contributed by atoms with Crippen LogP contribution < -0.4 is 0 Å². The normalized spacial score (nSPS) is 19.9. The molecule has 2 aliphatic heterocycles. The van der Waals surface area contributed by atoms with E-state index in [9.17, 15) is 4.79 Å².